The molecule has 1 aromatic carbocycles. The van der Waals surface area contributed by atoms with Gasteiger partial charge >= 0.3 is 6.09 Å². The van der Waals surface area contributed by atoms with Crippen molar-refractivity contribution < 1.29 is 19.4 Å². The van der Waals surface area contributed by atoms with Gasteiger partial charge in [-0.3, -0.25) is 4.79 Å². The van der Waals surface area contributed by atoms with Gasteiger partial charge in [-0.25, -0.2) is 4.79 Å². The summed E-state index contributed by atoms with van der Waals surface area (Å²) in [6.45, 7) is 4.96. The Morgan fingerprint density at radius 1 is 1.30 bits per heavy atom. The minimum atomic E-state index is -1.03. The van der Waals surface area contributed by atoms with E-state index >= 15 is 0 Å². The smallest absolute Gasteiger partial charge is 0.405 e. The van der Waals surface area contributed by atoms with Crippen LogP contribution in [-0.2, 0) is 9.53 Å². The fourth-order valence-corrected chi connectivity index (χ4v) is 4.69. The first-order valence-corrected chi connectivity index (χ1v) is 9.67. The largest absolute Gasteiger partial charge is 0.465 e. The second-order valence-corrected chi connectivity index (χ2v) is 7.83. The number of hydrogen-bond acceptors (Lipinski definition) is 3. The molecule has 0 bridgehead atoms. The average Bonchev–Trinajstić information content (AvgIpc) is 3.48. The second-order valence-electron chi connectivity index (χ2n) is 7.83. The third-order valence-electron chi connectivity index (χ3n) is 6.04. The van der Waals surface area contributed by atoms with Crippen LogP contribution >= 0.6 is 0 Å². The normalized spacial score (nSPS) is 27.6. The zero-order chi connectivity index (χ0) is 19.1. The maximum atomic E-state index is 12.5. The molecule has 27 heavy (non-hydrogen) atoms. The molecule has 3 atom stereocenters. The SMILES string of the molecule is CC(=O)N1c2ccc(C3=CCOCC3)cc2[C@H](NC(=O)O)[C@@H](C)[C@@H]1C1CC1. The Labute approximate surface area is 159 Å². The van der Waals surface area contributed by atoms with Crippen LogP contribution < -0.4 is 10.2 Å². The van der Waals surface area contributed by atoms with Crippen LogP contribution in [0.3, 0.4) is 0 Å². The Kier molecular flexibility index (Phi) is 4.68. The molecule has 1 aromatic rings. The number of fused-ring (bicyclic) bond motifs is 1. The van der Waals surface area contributed by atoms with Gasteiger partial charge in [-0.05, 0) is 54.0 Å². The van der Waals surface area contributed by atoms with E-state index in [0.717, 1.165) is 36.1 Å². The van der Waals surface area contributed by atoms with E-state index in [1.807, 2.05) is 17.0 Å². The second kappa shape index (κ2) is 7.00. The minimum Gasteiger partial charge on any atom is -0.465 e. The number of ether oxygens (including phenoxy) is 1. The van der Waals surface area contributed by atoms with E-state index in [1.54, 1.807) is 6.92 Å². The Morgan fingerprint density at radius 2 is 2.07 bits per heavy atom. The quantitative estimate of drug-likeness (QED) is 0.852. The molecule has 0 radical (unpaired) electrons. The van der Waals surface area contributed by atoms with Gasteiger partial charge in [0.15, 0.2) is 0 Å². The van der Waals surface area contributed by atoms with Crippen LogP contribution in [0.1, 0.15) is 50.3 Å². The number of rotatable bonds is 3. The molecular weight excluding hydrogens is 344 g/mol. The Morgan fingerprint density at radius 3 is 2.67 bits per heavy atom. The number of carbonyl (C=O) groups is 2. The zero-order valence-corrected chi connectivity index (χ0v) is 15.8. The van der Waals surface area contributed by atoms with E-state index in [2.05, 4.69) is 24.4 Å². The van der Waals surface area contributed by atoms with Crippen molar-refractivity contribution in [2.24, 2.45) is 11.8 Å². The molecule has 6 nitrogen and oxygen atoms in total. The minimum absolute atomic E-state index is 0.0175. The lowest BCUT2D eigenvalue weighted by molar-refractivity contribution is -0.117. The van der Waals surface area contributed by atoms with Crippen LogP contribution in [0.25, 0.3) is 5.57 Å². The molecule has 2 heterocycles. The Hall–Kier alpha value is -2.34. The molecule has 2 N–H and O–H groups in total. The highest BCUT2D eigenvalue weighted by Crippen LogP contribution is 2.49. The van der Waals surface area contributed by atoms with Crippen molar-refractivity contribution in [1.29, 1.82) is 0 Å². The monoisotopic (exact) mass is 370 g/mol. The van der Waals surface area contributed by atoms with Gasteiger partial charge in [0, 0.05) is 24.6 Å². The third-order valence-corrected chi connectivity index (χ3v) is 6.04. The lowest BCUT2D eigenvalue weighted by Crippen LogP contribution is -2.53. The highest BCUT2D eigenvalue weighted by Gasteiger charge is 2.47. The molecule has 144 valence electrons. The predicted octanol–water partition coefficient (Wildman–Crippen LogP) is 3.58. The van der Waals surface area contributed by atoms with Gasteiger partial charge in [0.2, 0.25) is 5.91 Å². The third kappa shape index (κ3) is 3.34. The number of benzene rings is 1. The maximum absolute atomic E-state index is 12.5. The highest BCUT2D eigenvalue weighted by atomic mass is 16.5. The summed E-state index contributed by atoms with van der Waals surface area (Å²) in [6.07, 6.45) is 4.08. The predicted molar refractivity (Wildman–Crippen MR) is 103 cm³/mol. The number of hydrogen-bond donors (Lipinski definition) is 2. The van der Waals surface area contributed by atoms with Crippen molar-refractivity contribution in [2.75, 3.05) is 18.1 Å². The number of anilines is 1. The van der Waals surface area contributed by atoms with E-state index in [9.17, 15) is 14.7 Å². The van der Waals surface area contributed by atoms with Crippen LogP contribution in [0, 0.1) is 11.8 Å². The van der Waals surface area contributed by atoms with Crippen molar-refractivity contribution in [3.05, 3.63) is 35.4 Å². The van der Waals surface area contributed by atoms with Crippen LogP contribution in [0.2, 0.25) is 0 Å². The first-order chi connectivity index (χ1) is 13.0. The number of amides is 2. The molecule has 3 aliphatic rings. The number of carboxylic acid groups (broad SMARTS) is 1. The van der Waals surface area contributed by atoms with Gasteiger partial charge in [0.1, 0.15) is 0 Å². The molecule has 0 aromatic heterocycles. The summed E-state index contributed by atoms with van der Waals surface area (Å²) in [6, 6.07) is 5.81. The summed E-state index contributed by atoms with van der Waals surface area (Å²) in [5, 5.41) is 12.1. The molecule has 6 heteroatoms. The standard InChI is InChI=1S/C21H26N2O4/c1-12-19(22-21(25)26)17-11-16(14-7-9-27-10-8-14)5-6-18(17)23(13(2)24)20(12)15-3-4-15/h5-7,11-12,15,19-20,22H,3-4,8-10H2,1-2H3,(H,25,26)/t12-,19-,20-/m1/s1. The Bertz CT molecular complexity index is 799. The van der Waals surface area contributed by atoms with E-state index < -0.39 is 6.09 Å². The fraction of sp³-hybridized carbons (Fsp3) is 0.524. The topological polar surface area (TPSA) is 78.9 Å². The van der Waals surface area contributed by atoms with Crippen molar-refractivity contribution in [3.8, 4) is 0 Å². The van der Waals surface area contributed by atoms with E-state index in [-0.39, 0.29) is 23.9 Å². The molecule has 0 spiro atoms. The lowest BCUT2D eigenvalue weighted by Gasteiger charge is -2.45. The van der Waals surface area contributed by atoms with E-state index in [0.29, 0.717) is 19.1 Å². The van der Waals surface area contributed by atoms with Crippen molar-refractivity contribution in [1.82, 2.24) is 5.32 Å². The van der Waals surface area contributed by atoms with E-state index in [1.165, 1.54) is 5.57 Å². The molecule has 1 fully saturated rings. The van der Waals surface area contributed by atoms with Crippen LogP contribution in [0.5, 0.6) is 0 Å². The van der Waals surface area contributed by atoms with Gasteiger partial charge < -0.3 is 20.1 Å². The summed E-state index contributed by atoms with van der Waals surface area (Å²) in [4.78, 5) is 25.9. The molecule has 2 amide bonds. The summed E-state index contributed by atoms with van der Waals surface area (Å²) in [5.74, 6) is 0.490. The summed E-state index contributed by atoms with van der Waals surface area (Å²) < 4.78 is 5.40. The van der Waals surface area contributed by atoms with Crippen molar-refractivity contribution >= 4 is 23.3 Å². The van der Waals surface area contributed by atoms with Gasteiger partial charge in [-0.2, -0.15) is 0 Å². The first kappa shape index (κ1) is 18.0. The molecule has 0 saturated heterocycles. The average molecular weight is 370 g/mol. The van der Waals surface area contributed by atoms with Gasteiger partial charge in [-0.1, -0.05) is 19.1 Å². The summed E-state index contributed by atoms with van der Waals surface area (Å²) in [5.41, 5.74) is 4.02. The molecule has 1 aliphatic carbocycles. The van der Waals surface area contributed by atoms with E-state index in [4.69, 9.17) is 4.74 Å². The molecule has 2 aliphatic heterocycles. The van der Waals surface area contributed by atoms with Crippen molar-refractivity contribution in [2.45, 2.75) is 45.2 Å². The molecule has 0 unspecified atom stereocenters. The fourth-order valence-electron chi connectivity index (χ4n) is 4.69. The summed E-state index contributed by atoms with van der Waals surface area (Å²) >= 11 is 0. The van der Waals surface area contributed by atoms with Crippen LogP contribution in [0.15, 0.2) is 24.3 Å². The molecule has 1 saturated carbocycles. The van der Waals surface area contributed by atoms with Gasteiger partial charge in [-0.15, -0.1) is 0 Å². The number of nitrogens with zero attached hydrogens (tertiary/aromatic N) is 1. The summed E-state index contributed by atoms with van der Waals surface area (Å²) in [7, 11) is 0. The highest BCUT2D eigenvalue weighted by molar-refractivity contribution is 5.94. The lowest BCUT2D eigenvalue weighted by atomic mass is 9.79. The van der Waals surface area contributed by atoms with Gasteiger partial charge in [0.25, 0.3) is 0 Å². The van der Waals surface area contributed by atoms with Crippen molar-refractivity contribution in [3.63, 3.8) is 0 Å². The molecular formula is C21H26N2O4. The number of nitrogens with one attached hydrogen (secondary N) is 1. The molecule has 4 rings (SSSR count). The maximum Gasteiger partial charge on any atom is 0.405 e. The number of carbonyl (C=O) groups excluding carboxylic acids is 1. The van der Waals surface area contributed by atoms with Gasteiger partial charge in [0.05, 0.1) is 19.3 Å². The van der Waals surface area contributed by atoms with Crippen LogP contribution in [-0.4, -0.2) is 36.4 Å². The zero-order valence-electron chi connectivity index (χ0n) is 15.8. The Balaban J connectivity index is 1.82. The van der Waals surface area contributed by atoms with Crippen LogP contribution in [0.4, 0.5) is 10.5 Å². The first-order valence-electron chi connectivity index (χ1n) is 9.67.